The number of nitrogens with zero attached hydrogens (tertiary/aromatic N) is 2. The second-order valence-corrected chi connectivity index (χ2v) is 6.14. The van der Waals surface area contributed by atoms with Gasteiger partial charge in [0.2, 0.25) is 0 Å². The van der Waals surface area contributed by atoms with Crippen LogP contribution in [0.5, 0.6) is 0 Å². The standard InChI is InChI=1S/C15H21N3O8/c19-7-9-11(20)12(21)13(25-9)18-4-1-10(16-15(18)23)17-26-14(22)8-2-5-24-6-3-8/h1,4,8-9,11-13,19-21H,2-3,5-7H2,(H,16,17,23)/t9-,11-,12-,13-/m1/s1. The number of hydrogen-bond donors (Lipinski definition) is 4. The minimum Gasteiger partial charge on any atom is -0.394 e. The molecule has 11 heteroatoms. The second-order valence-electron chi connectivity index (χ2n) is 6.14. The third-order valence-electron chi connectivity index (χ3n) is 4.43. The number of aliphatic hydroxyl groups is 3. The minimum atomic E-state index is -1.39. The van der Waals surface area contributed by atoms with E-state index in [0.29, 0.717) is 26.1 Å². The van der Waals surface area contributed by atoms with Crippen LogP contribution in [0.15, 0.2) is 17.1 Å². The maximum atomic E-state index is 12.1. The van der Waals surface area contributed by atoms with Crippen molar-refractivity contribution in [3.05, 3.63) is 22.7 Å². The number of anilines is 1. The highest BCUT2D eigenvalue weighted by Gasteiger charge is 2.43. The van der Waals surface area contributed by atoms with Gasteiger partial charge in [-0.2, -0.15) is 4.98 Å². The van der Waals surface area contributed by atoms with Gasteiger partial charge in [0.15, 0.2) is 12.0 Å². The largest absolute Gasteiger partial charge is 0.394 e. The van der Waals surface area contributed by atoms with Crippen molar-refractivity contribution in [1.82, 2.24) is 9.55 Å². The van der Waals surface area contributed by atoms with Gasteiger partial charge in [-0.1, -0.05) is 0 Å². The van der Waals surface area contributed by atoms with Gasteiger partial charge in [0.1, 0.15) is 18.3 Å². The summed E-state index contributed by atoms with van der Waals surface area (Å²) in [5.41, 5.74) is 1.55. The van der Waals surface area contributed by atoms with E-state index < -0.39 is 42.8 Å². The summed E-state index contributed by atoms with van der Waals surface area (Å²) >= 11 is 0. The first-order chi connectivity index (χ1) is 12.5. The summed E-state index contributed by atoms with van der Waals surface area (Å²) in [4.78, 5) is 32.7. The fourth-order valence-corrected chi connectivity index (χ4v) is 2.89. The van der Waals surface area contributed by atoms with Crippen molar-refractivity contribution >= 4 is 11.8 Å². The normalized spacial score (nSPS) is 29.5. The average Bonchev–Trinajstić information content (AvgIpc) is 2.95. The van der Waals surface area contributed by atoms with Gasteiger partial charge < -0.3 is 29.6 Å². The molecular weight excluding hydrogens is 350 g/mol. The molecule has 26 heavy (non-hydrogen) atoms. The molecule has 144 valence electrons. The monoisotopic (exact) mass is 371 g/mol. The van der Waals surface area contributed by atoms with E-state index >= 15 is 0 Å². The van der Waals surface area contributed by atoms with Crippen LogP contribution in [-0.4, -0.2) is 69.0 Å². The Kier molecular flexibility index (Phi) is 5.84. The lowest BCUT2D eigenvalue weighted by atomic mass is 10.0. The molecule has 1 aromatic heterocycles. The summed E-state index contributed by atoms with van der Waals surface area (Å²) in [5.74, 6) is -0.711. The fourth-order valence-electron chi connectivity index (χ4n) is 2.89. The van der Waals surface area contributed by atoms with Crippen LogP contribution in [0.4, 0.5) is 5.82 Å². The molecule has 0 radical (unpaired) electrons. The van der Waals surface area contributed by atoms with Gasteiger partial charge >= 0.3 is 11.7 Å². The Morgan fingerprint density at radius 3 is 2.69 bits per heavy atom. The van der Waals surface area contributed by atoms with Gasteiger partial charge in [0.25, 0.3) is 0 Å². The Balaban J connectivity index is 1.62. The molecule has 2 aliphatic rings. The van der Waals surface area contributed by atoms with Crippen molar-refractivity contribution in [2.45, 2.75) is 37.4 Å². The highest BCUT2D eigenvalue weighted by Crippen LogP contribution is 2.28. The van der Waals surface area contributed by atoms with Crippen molar-refractivity contribution in [2.75, 3.05) is 25.3 Å². The first-order valence-electron chi connectivity index (χ1n) is 8.27. The van der Waals surface area contributed by atoms with Crippen LogP contribution in [0.2, 0.25) is 0 Å². The van der Waals surface area contributed by atoms with Gasteiger partial charge in [-0.3, -0.25) is 4.57 Å². The van der Waals surface area contributed by atoms with Crippen LogP contribution in [-0.2, 0) is 19.1 Å². The molecule has 0 bridgehead atoms. The molecule has 0 saturated carbocycles. The number of rotatable bonds is 5. The molecule has 0 spiro atoms. The lowest BCUT2D eigenvalue weighted by Crippen LogP contribution is -2.36. The third kappa shape index (κ3) is 3.86. The van der Waals surface area contributed by atoms with Crippen LogP contribution in [0, 0.1) is 5.92 Å². The molecule has 2 aliphatic heterocycles. The SMILES string of the molecule is O=C(ONc1ccn([C@@H]2O[C@H](CO)[C@@H](O)[C@H]2O)c(=O)n1)C1CCOCC1. The van der Waals surface area contributed by atoms with Gasteiger partial charge in [0, 0.05) is 25.5 Å². The predicted octanol–water partition coefficient (Wildman–Crippen LogP) is -1.85. The highest BCUT2D eigenvalue weighted by atomic mass is 16.7. The predicted molar refractivity (Wildman–Crippen MR) is 84.8 cm³/mol. The Hall–Kier alpha value is -2.05. The summed E-state index contributed by atoms with van der Waals surface area (Å²) < 4.78 is 11.4. The van der Waals surface area contributed by atoms with Crippen LogP contribution in [0.3, 0.4) is 0 Å². The molecule has 0 aliphatic carbocycles. The van der Waals surface area contributed by atoms with E-state index in [-0.39, 0.29) is 11.7 Å². The first kappa shape index (κ1) is 18.7. The van der Waals surface area contributed by atoms with Crippen molar-refractivity contribution in [1.29, 1.82) is 0 Å². The summed E-state index contributed by atoms with van der Waals surface area (Å²) in [6.07, 6.45) is -2.48. The molecule has 11 nitrogen and oxygen atoms in total. The molecule has 0 aromatic carbocycles. The van der Waals surface area contributed by atoms with Crippen molar-refractivity contribution in [3.63, 3.8) is 0 Å². The maximum Gasteiger partial charge on any atom is 0.351 e. The second kappa shape index (κ2) is 8.10. The van der Waals surface area contributed by atoms with E-state index in [2.05, 4.69) is 10.5 Å². The van der Waals surface area contributed by atoms with E-state index in [9.17, 15) is 19.8 Å². The molecule has 2 saturated heterocycles. The van der Waals surface area contributed by atoms with Crippen molar-refractivity contribution < 1.29 is 34.4 Å². The van der Waals surface area contributed by atoms with E-state index in [1.54, 1.807) is 0 Å². The fraction of sp³-hybridized carbons (Fsp3) is 0.667. The van der Waals surface area contributed by atoms with E-state index in [0.717, 1.165) is 4.57 Å². The molecule has 4 N–H and O–H groups in total. The number of ether oxygens (including phenoxy) is 2. The molecular formula is C15H21N3O8. The molecule has 3 heterocycles. The smallest absolute Gasteiger partial charge is 0.351 e. The lowest BCUT2D eigenvalue weighted by molar-refractivity contribution is -0.148. The zero-order valence-corrected chi connectivity index (χ0v) is 13.9. The van der Waals surface area contributed by atoms with Crippen LogP contribution in [0.1, 0.15) is 19.1 Å². The lowest BCUT2D eigenvalue weighted by Gasteiger charge is -2.20. The quantitative estimate of drug-likeness (QED) is 0.434. The summed E-state index contributed by atoms with van der Waals surface area (Å²) in [6.45, 7) is 0.496. The van der Waals surface area contributed by atoms with Crippen LogP contribution < -0.4 is 11.2 Å². The number of carbonyl (C=O) groups excluding carboxylic acids is 1. The zero-order chi connectivity index (χ0) is 18.7. The van der Waals surface area contributed by atoms with Gasteiger partial charge in [-0.05, 0) is 12.8 Å². The van der Waals surface area contributed by atoms with E-state index in [4.69, 9.17) is 19.4 Å². The summed E-state index contributed by atoms with van der Waals surface area (Å²) in [7, 11) is 0. The average molecular weight is 371 g/mol. The Labute approximate surface area is 148 Å². The van der Waals surface area contributed by atoms with Gasteiger partial charge in [-0.15, -0.1) is 0 Å². The first-order valence-corrected chi connectivity index (χ1v) is 8.27. The topological polar surface area (TPSA) is 152 Å². The molecule has 3 rings (SSSR count). The molecule has 0 unspecified atom stereocenters. The van der Waals surface area contributed by atoms with Gasteiger partial charge in [-0.25, -0.2) is 15.1 Å². The van der Waals surface area contributed by atoms with Crippen LogP contribution >= 0.6 is 0 Å². The zero-order valence-electron chi connectivity index (χ0n) is 13.9. The number of nitrogens with one attached hydrogen (secondary N) is 1. The Bertz CT molecular complexity index is 690. The van der Waals surface area contributed by atoms with Crippen molar-refractivity contribution in [3.8, 4) is 0 Å². The highest BCUT2D eigenvalue weighted by molar-refractivity contribution is 5.73. The Morgan fingerprint density at radius 1 is 1.35 bits per heavy atom. The number of aromatic nitrogens is 2. The van der Waals surface area contributed by atoms with E-state index in [1.807, 2.05) is 0 Å². The maximum absolute atomic E-state index is 12.1. The molecule has 2 fully saturated rings. The van der Waals surface area contributed by atoms with Crippen molar-refractivity contribution in [2.24, 2.45) is 5.92 Å². The van der Waals surface area contributed by atoms with E-state index in [1.165, 1.54) is 12.3 Å². The minimum absolute atomic E-state index is 0.0124. The number of hydrogen-bond acceptors (Lipinski definition) is 10. The number of carbonyl (C=O) groups is 1. The van der Waals surface area contributed by atoms with Gasteiger partial charge in [0.05, 0.1) is 12.5 Å². The summed E-state index contributed by atoms with van der Waals surface area (Å²) in [6, 6.07) is 1.35. The summed E-state index contributed by atoms with van der Waals surface area (Å²) in [5, 5.41) is 28.8. The third-order valence-corrected chi connectivity index (χ3v) is 4.43. The van der Waals surface area contributed by atoms with Crippen LogP contribution in [0.25, 0.3) is 0 Å². The molecule has 1 aromatic rings. The Morgan fingerprint density at radius 2 is 2.08 bits per heavy atom. The number of aliphatic hydroxyl groups excluding tert-OH is 3. The molecule has 0 amide bonds. The molecule has 4 atom stereocenters.